The van der Waals surface area contributed by atoms with E-state index < -0.39 is 5.97 Å². The maximum atomic E-state index is 11.5. The van der Waals surface area contributed by atoms with Crippen LogP contribution >= 0.6 is 0 Å². The van der Waals surface area contributed by atoms with E-state index >= 15 is 0 Å². The average Bonchev–Trinajstić information content (AvgIpc) is 2.26. The summed E-state index contributed by atoms with van der Waals surface area (Å²) in [6.07, 6.45) is 7.49. The van der Waals surface area contributed by atoms with Gasteiger partial charge in [-0.2, -0.15) is 0 Å². The molecule has 1 aliphatic carbocycles. The van der Waals surface area contributed by atoms with Crippen molar-refractivity contribution in [3.63, 3.8) is 0 Å². The summed E-state index contributed by atoms with van der Waals surface area (Å²) in [6.45, 7) is 0.248. The molecule has 0 heterocycles. The van der Waals surface area contributed by atoms with E-state index in [2.05, 4.69) is 11.2 Å². The number of nitrogens with one attached hydrogen (secondary N) is 1. The number of carboxylic acid groups (broad SMARTS) is 1. The standard InChI is InChI=1S/C11H15NO3/c1-2-7-12-10(13)8-3-5-9(6-4-8)11(14)15/h1,8-9H,3-7H2,(H,12,13)(H,14,15). The molecule has 1 aliphatic rings. The molecule has 1 rings (SSSR count). The zero-order valence-electron chi connectivity index (χ0n) is 8.53. The largest absolute Gasteiger partial charge is 0.481 e. The molecule has 4 nitrogen and oxygen atoms in total. The molecule has 15 heavy (non-hydrogen) atoms. The first-order valence-corrected chi connectivity index (χ1v) is 5.09. The van der Waals surface area contributed by atoms with Crippen LogP contribution in [-0.2, 0) is 9.59 Å². The first kappa shape index (κ1) is 11.6. The van der Waals surface area contributed by atoms with E-state index in [4.69, 9.17) is 11.5 Å². The molecule has 0 bridgehead atoms. The van der Waals surface area contributed by atoms with Gasteiger partial charge >= 0.3 is 5.97 Å². The Bertz CT molecular complexity index is 285. The molecule has 0 radical (unpaired) electrons. The fourth-order valence-corrected chi connectivity index (χ4v) is 1.89. The minimum atomic E-state index is -0.752. The molecule has 2 N–H and O–H groups in total. The van der Waals surface area contributed by atoms with Crippen molar-refractivity contribution in [2.75, 3.05) is 6.54 Å². The van der Waals surface area contributed by atoms with Gasteiger partial charge in [0.05, 0.1) is 12.5 Å². The first-order valence-electron chi connectivity index (χ1n) is 5.09. The molecule has 1 saturated carbocycles. The Hall–Kier alpha value is -1.50. The van der Waals surface area contributed by atoms with Gasteiger partial charge in [0, 0.05) is 5.92 Å². The Balaban J connectivity index is 2.34. The van der Waals surface area contributed by atoms with Gasteiger partial charge in [0.1, 0.15) is 0 Å². The van der Waals surface area contributed by atoms with Crippen molar-refractivity contribution in [3.05, 3.63) is 0 Å². The van der Waals surface area contributed by atoms with Crippen LogP contribution in [0.25, 0.3) is 0 Å². The van der Waals surface area contributed by atoms with E-state index in [0.29, 0.717) is 25.7 Å². The van der Waals surface area contributed by atoms with Gasteiger partial charge < -0.3 is 10.4 Å². The minimum absolute atomic E-state index is 0.0446. The molecule has 1 fully saturated rings. The molecule has 0 saturated heterocycles. The van der Waals surface area contributed by atoms with Crippen LogP contribution in [0.4, 0.5) is 0 Å². The molecule has 0 unspecified atom stereocenters. The molecule has 1 amide bonds. The Morgan fingerprint density at radius 1 is 1.27 bits per heavy atom. The molecule has 0 aromatic heterocycles. The average molecular weight is 209 g/mol. The number of amides is 1. The highest BCUT2D eigenvalue weighted by Crippen LogP contribution is 2.28. The van der Waals surface area contributed by atoms with E-state index in [1.165, 1.54) is 0 Å². The smallest absolute Gasteiger partial charge is 0.306 e. The zero-order chi connectivity index (χ0) is 11.3. The molecule has 4 heteroatoms. The predicted octanol–water partition coefficient (Wildman–Crippen LogP) is 0.627. The number of terminal acetylenes is 1. The number of carbonyl (C=O) groups is 2. The predicted molar refractivity (Wildman–Crippen MR) is 54.9 cm³/mol. The van der Waals surface area contributed by atoms with Crippen LogP contribution in [0.15, 0.2) is 0 Å². The van der Waals surface area contributed by atoms with Gasteiger partial charge in [-0.25, -0.2) is 0 Å². The highest BCUT2D eigenvalue weighted by atomic mass is 16.4. The maximum Gasteiger partial charge on any atom is 0.306 e. The second-order valence-corrected chi connectivity index (χ2v) is 3.81. The third-order valence-electron chi connectivity index (χ3n) is 2.81. The summed E-state index contributed by atoms with van der Waals surface area (Å²) in [5, 5.41) is 11.4. The normalized spacial score (nSPS) is 25.3. The molecular weight excluding hydrogens is 194 g/mol. The van der Waals surface area contributed by atoms with Crippen LogP contribution in [0, 0.1) is 24.2 Å². The molecular formula is C11H15NO3. The van der Waals surface area contributed by atoms with Crippen LogP contribution in [-0.4, -0.2) is 23.5 Å². The van der Waals surface area contributed by atoms with Gasteiger partial charge in [-0.3, -0.25) is 9.59 Å². The summed E-state index contributed by atoms with van der Waals surface area (Å²) >= 11 is 0. The highest BCUT2D eigenvalue weighted by molar-refractivity contribution is 5.79. The van der Waals surface area contributed by atoms with Crippen molar-refractivity contribution < 1.29 is 14.7 Å². The minimum Gasteiger partial charge on any atom is -0.481 e. The summed E-state index contributed by atoms with van der Waals surface area (Å²) < 4.78 is 0. The number of carbonyl (C=O) groups excluding carboxylic acids is 1. The Morgan fingerprint density at radius 3 is 2.27 bits per heavy atom. The fourth-order valence-electron chi connectivity index (χ4n) is 1.89. The second kappa shape index (κ2) is 5.40. The van der Waals surface area contributed by atoms with Crippen molar-refractivity contribution in [2.45, 2.75) is 25.7 Å². The molecule has 0 aromatic rings. The van der Waals surface area contributed by atoms with Crippen LogP contribution < -0.4 is 5.32 Å². The van der Waals surface area contributed by atoms with Crippen LogP contribution in [0.2, 0.25) is 0 Å². The van der Waals surface area contributed by atoms with Crippen molar-refractivity contribution in [1.82, 2.24) is 5.32 Å². The van der Waals surface area contributed by atoms with Gasteiger partial charge in [0.25, 0.3) is 0 Å². The molecule has 0 spiro atoms. The molecule has 82 valence electrons. The SMILES string of the molecule is C#CCNC(=O)C1CCC(C(=O)O)CC1. The molecule has 0 atom stereocenters. The van der Waals surface area contributed by atoms with E-state index in [0.717, 1.165) is 0 Å². The summed E-state index contributed by atoms with van der Waals surface area (Å²) in [4.78, 5) is 22.2. The van der Waals surface area contributed by atoms with Crippen molar-refractivity contribution in [2.24, 2.45) is 11.8 Å². The van der Waals surface area contributed by atoms with Crippen molar-refractivity contribution in [3.8, 4) is 12.3 Å². The van der Waals surface area contributed by atoms with Gasteiger partial charge in [0.2, 0.25) is 5.91 Å². The van der Waals surface area contributed by atoms with Crippen LogP contribution in [0.3, 0.4) is 0 Å². The number of aliphatic carboxylic acids is 1. The Morgan fingerprint density at radius 2 is 1.80 bits per heavy atom. The van der Waals surface area contributed by atoms with Crippen LogP contribution in [0.1, 0.15) is 25.7 Å². The maximum absolute atomic E-state index is 11.5. The molecule has 0 aromatic carbocycles. The lowest BCUT2D eigenvalue weighted by atomic mass is 9.81. The van der Waals surface area contributed by atoms with Crippen LogP contribution in [0.5, 0.6) is 0 Å². The number of hydrogen-bond acceptors (Lipinski definition) is 2. The Labute approximate surface area is 89.0 Å². The second-order valence-electron chi connectivity index (χ2n) is 3.81. The van der Waals surface area contributed by atoms with Crippen molar-refractivity contribution >= 4 is 11.9 Å². The fraction of sp³-hybridized carbons (Fsp3) is 0.636. The van der Waals surface area contributed by atoms with E-state index in [-0.39, 0.29) is 24.3 Å². The summed E-state index contributed by atoms with van der Waals surface area (Å²) in [7, 11) is 0. The third kappa shape index (κ3) is 3.28. The van der Waals surface area contributed by atoms with E-state index in [1.807, 2.05) is 0 Å². The number of carboxylic acids is 1. The lowest BCUT2D eigenvalue weighted by Crippen LogP contribution is -2.34. The monoisotopic (exact) mass is 209 g/mol. The zero-order valence-corrected chi connectivity index (χ0v) is 8.53. The van der Waals surface area contributed by atoms with Gasteiger partial charge in [-0.1, -0.05) is 5.92 Å². The first-order chi connectivity index (χ1) is 7.15. The lowest BCUT2D eigenvalue weighted by Gasteiger charge is -2.24. The van der Waals surface area contributed by atoms with Crippen molar-refractivity contribution in [1.29, 1.82) is 0 Å². The summed E-state index contributed by atoms with van der Waals surface area (Å²) in [5.41, 5.74) is 0. The summed E-state index contributed by atoms with van der Waals surface area (Å²) in [6, 6.07) is 0. The molecule has 0 aliphatic heterocycles. The number of hydrogen-bond donors (Lipinski definition) is 2. The van der Waals surface area contributed by atoms with Gasteiger partial charge in [0.15, 0.2) is 0 Å². The third-order valence-corrected chi connectivity index (χ3v) is 2.81. The van der Waals surface area contributed by atoms with E-state index in [9.17, 15) is 9.59 Å². The topological polar surface area (TPSA) is 66.4 Å². The summed E-state index contributed by atoms with van der Waals surface area (Å²) in [5.74, 6) is 1.20. The van der Waals surface area contributed by atoms with Gasteiger partial charge in [-0.15, -0.1) is 6.42 Å². The number of rotatable bonds is 3. The highest BCUT2D eigenvalue weighted by Gasteiger charge is 2.29. The quantitative estimate of drug-likeness (QED) is 0.670. The Kier molecular flexibility index (Phi) is 4.17. The van der Waals surface area contributed by atoms with E-state index in [1.54, 1.807) is 0 Å². The lowest BCUT2D eigenvalue weighted by molar-refractivity contribution is -0.144. The van der Waals surface area contributed by atoms with Gasteiger partial charge in [-0.05, 0) is 25.7 Å².